The van der Waals surface area contributed by atoms with Gasteiger partial charge in [-0.25, -0.2) is 12.8 Å². The Kier molecular flexibility index (Phi) is 10.7. The molecule has 44 heavy (non-hydrogen) atoms. The Morgan fingerprint density at radius 1 is 0.864 bits per heavy atom. The number of nitrogens with one attached hydrogen (secondary N) is 1. The number of carbonyl (C=O) groups is 2. The highest BCUT2D eigenvalue weighted by molar-refractivity contribution is 7.92. The van der Waals surface area contributed by atoms with Crippen molar-refractivity contribution in [2.75, 3.05) is 18.0 Å². The molecule has 0 saturated carbocycles. The zero-order valence-corrected chi connectivity index (χ0v) is 25.7. The summed E-state index contributed by atoms with van der Waals surface area (Å²) in [6.45, 7) is 2.69. The van der Waals surface area contributed by atoms with E-state index in [1.54, 1.807) is 56.3 Å². The first-order chi connectivity index (χ1) is 21.1. The van der Waals surface area contributed by atoms with E-state index in [-0.39, 0.29) is 35.2 Å². The molecular formula is C34H36FN3O5S. The van der Waals surface area contributed by atoms with Gasteiger partial charge in [-0.05, 0) is 49.7 Å². The topological polar surface area (TPSA) is 96.0 Å². The minimum Gasteiger partial charge on any atom is -0.497 e. The molecule has 0 aliphatic carbocycles. The van der Waals surface area contributed by atoms with Crippen LogP contribution in [0.25, 0.3) is 0 Å². The van der Waals surface area contributed by atoms with Gasteiger partial charge in [0.25, 0.3) is 10.0 Å². The summed E-state index contributed by atoms with van der Waals surface area (Å²) in [5.74, 6) is -1.28. The van der Waals surface area contributed by atoms with Crippen molar-refractivity contribution in [2.45, 2.75) is 43.8 Å². The number of nitrogens with zero attached hydrogens (tertiary/aromatic N) is 2. The van der Waals surface area contributed by atoms with Gasteiger partial charge in [-0.1, -0.05) is 72.8 Å². The van der Waals surface area contributed by atoms with Gasteiger partial charge in [0.15, 0.2) is 0 Å². The van der Waals surface area contributed by atoms with Crippen molar-refractivity contribution < 1.29 is 27.1 Å². The molecule has 0 radical (unpaired) electrons. The Hall–Kier alpha value is -4.70. The summed E-state index contributed by atoms with van der Waals surface area (Å²) < 4.78 is 49.3. The minimum atomic E-state index is -4.26. The van der Waals surface area contributed by atoms with Crippen LogP contribution >= 0.6 is 0 Å². The molecule has 0 saturated heterocycles. The molecule has 1 N–H and O–H groups in total. The van der Waals surface area contributed by atoms with Gasteiger partial charge in [-0.2, -0.15) is 0 Å². The van der Waals surface area contributed by atoms with Crippen molar-refractivity contribution >= 4 is 27.5 Å². The van der Waals surface area contributed by atoms with Gasteiger partial charge in [-0.15, -0.1) is 0 Å². The van der Waals surface area contributed by atoms with Gasteiger partial charge in [0.2, 0.25) is 11.8 Å². The van der Waals surface area contributed by atoms with E-state index in [0.717, 1.165) is 9.87 Å². The Morgan fingerprint density at radius 2 is 1.50 bits per heavy atom. The Morgan fingerprint density at radius 3 is 2.14 bits per heavy atom. The van der Waals surface area contributed by atoms with Crippen LogP contribution in [0.3, 0.4) is 0 Å². The van der Waals surface area contributed by atoms with Crippen molar-refractivity contribution in [1.82, 2.24) is 10.2 Å². The second-order valence-electron chi connectivity index (χ2n) is 10.5. The third-order valence-corrected chi connectivity index (χ3v) is 8.74. The fraction of sp³-hybridized carbons (Fsp3) is 0.235. The maximum absolute atomic E-state index is 15.0. The number of halogens is 1. The highest BCUT2D eigenvalue weighted by atomic mass is 32.2. The minimum absolute atomic E-state index is 0.0188. The maximum atomic E-state index is 15.0. The van der Waals surface area contributed by atoms with E-state index in [9.17, 15) is 22.4 Å². The number of carbonyl (C=O) groups excluding carboxylic acids is 2. The predicted octanol–water partition coefficient (Wildman–Crippen LogP) is 5.19. The van der Waals surface area contributed by atoms with Crippen molar-refractivity contribution in [1.29, 1.82) is 0 Å². The molecule has 4 aromatic rings. The molecule has 0 aromatic heterocycles. The molecule has 0 bridgehead atoms. The number of ether oxygens (including phenoxy) is 1. The first-order valence-electron chi connectivity index (χ1n) is 14.2. The van der Waals surface area contributed by atoms with Crippen LogP contribution in [0.5, 0.6) is 5.75 Å². The smallest absolute Gasteiger partial charge is 0.264 e. The Balaban J connectivity index is 1.82. The standard InChI is InChI=1S/C34H36FN3O5S/c1-25(2)36-34(40)32(21-26-13-6-4-7-14-26)37(23-27-15-10-11-20-31(27)35)33(39)24-38(28-16-12-17-29(22-28)43-3)44(41,42)30-18-8-5-9-19-30/h4-20,22,25,32H,21,23-24H2,1-3H3,(H,36,40)/t32-/m1/s1. The fourth-order valence-electron chi connectivity index (χ4n) is 4.76. The molecular weight excluding hydrogens is 581 g/mol. The van der Waals surface area contributed by atoms with Crippen LogP contribution in [0.4, 0.5) is 10.1 Å². The summed E-state index contributed by atoms with van der Waals surface area (Å²) in [5, 5.41) is 2.88. The summed E-state index contributed by atoms with van der Waals surface area (Å²) in [7, 11) is -2.80. The number of benzene rings is 4. The highest BCUT2D eigenvalue weighted by Gasteiger charge is 2.35. The summed E-state index contributed by atoms with van der Waals surface area (Å²) in [4.78, 5) is 29.3. The molecule has 230 valence electrons. The normalized spacial score (nSPS) is 11.9. The van der Waals surface area contributed by atoms with Crippen molar-refractivity contribution in [3.05, 3.63) is 126 Å². The first-order valence-corrected chi connectivity index (χ1v) is 15.6. The molecule has 0 spiro atoms. The monoisotopic (exact) mass is 617 g/mol. The van der Waals surface area contributed by atoms with E-state index >= 15 is 0 Å². The van der Waals surface area contributed by atoms with E-state index in [0.29, 0.717) is 5.75 Å². The van der Waals surface area contributed by atoms with Gasteiger partial charge in [0.1, 0.15) is 24.2 Å². The van der Waals surface area contributed by atoms with E-state index in [2.05, 4.69) is 5.32 Å². The van der Waals surface area contributed by atoms with Crippen LogP contribution in [-0.4, -0.2) is 50.9 Å². The third-order valence-electron chi connectivity index (χ3n) is 6.95. The highest BCUT2D eigenvalue weighted by Crippen LogP contribution is 2.28. The van der Waals surface area contributed by atoms with Crippen LogP contribution in [0, 0.1) is 5.82 Å². The van der Waals surface area contributed by atoms with E-state index in [1.165, 1.54) is 48.4 Å². The number of hydrogen-bond acceptors (Lipinski definition) is 5. The summed E-state index contributed by atoms with van der Waals surface area (Å²) in [5.41, 5.74) is 1.16. The van der Waals surface area contributed by atoms with Crippen LogP contribution in [-0.2, 0) is 32.6 Å². The lowest BCUT2D eigenvalue weighted by molar-refractivity contribution is -0.140. The fourth-order valence-corrected chi connectivity index (χ4v) is 6.19. The molecule has 1 atom stereocenters. The van der Waals surface area contributed by atoms with Crippen molar-refractivity contribution in [3.63, 3.8) is 0 Å². The average molecular weight is 618 g/mol. The molecule has 2 amide bonds. The lowest BCUT2D eigenvalue weighted by atomic mass is 10.0. The van der Waals surface area contributed by atoms with Crippen molar-refractivity contribution in [3.8, 4) is 5.75 Å². The predicted molar refractivity (Wildman–Crippen MR) is 168 cm³/mol. The van der Waals surface area contributed by atoms with E-state index in [1.807, 2.05) is 30.3 Å². The van der Waals surface area contributed by atoms with Crippen LogP contribution in [0.1, 0.15) is 25.0 Å². The summed E-state index contributed by atoms with van der Waals surface area (Å²) in [6.07, 6.45) is 0.129. The Labute approximate surface area is 258 Å². The molecule has 8 nitrogen and oxygen atoms in total. The van der Waals surface area contributed by atoms with Gasteiger partial charge in [0, 0.05) is 30.6 Å². The second-order valence-corrected chi connectivity index (χ2v) is 12.4. The quantitative estimate of drug-likeness (QED) is 0.223. The lowest BCUT2D eigenvalue weighted by Gasteiger charge is -2.34. The molecule has 0 fully saturated rings. The Bertz CT molecular complexity index is 1670. The van der Waals surface area contributed by atoms with Crippen LogP contribution in [0.2, 0.25) is 0 Å². The van der Waals surface area contributed by atoms with Crippen LogP contribution < -0.4 is 14.4 Å². The number of rotatable bonds is 13. The molecule has 0 aliphatic rings. The zero-order valence-electron chi connectivity index (χ0n) is 24.9. The number of amides is 2. The third kappa shape index (κ3) is 8.02. The van der Waals surface area contributed by atoms with E-state index in [4.69, 9.17) is 4.74 Å². The molecule has 0 aliphatic heterocycles. The molecule has 10 heteroatoms. The van der Waals surface area contributed by atoms with Gasteiger partial charge in [-0.3, -0.25) is 13.9 Å². The number of methoxy groups -OCH3 is 1. The SMILES string of the molecule is COc1cccc(N(CC(=O)N(Cc2ccccc2F)[C@H](Cc2ccccc2)C(=O)NC(C)C)S(=O)(=O)c2ccccc2)c1. The summed E-state index contributed by atoms with van der Waals surface area (Å²) in [6, 6.07) is 28.0. The average Bonchev–Trinajstić information content (AvgIpc) is 3.02. The summed E-state index contributed by atoms with van der Waals surface area (Å²) >= 11 is 0. The molecule has 4 rings (SSSR count). The molecule has 4 aromatic carbocycles. The first kappa shape index (κ1) is 32.2. The number of anilines is 1. The van der Waals surface area contributed by atoms with Gasteiger partial charge in [0.05, 0.1) is 17.7 Å². The number of sulfonamides is 1. The second kappa shape index (κ2) is 14.7. The molecule has 0 unspecified atom stereocenters. The van der Waals surface area contributed by atoms with Crippen LogP contribution in [0.15, 0.2) is 114 Å². The van der Waals surface area contributed by atoms with Gasteiger partial charge < -0.3 is 15.0 Å². The zero-order chi connectivity index (χ0) is 31.7. The largest absolute Gasteiger partial charge is 0.497 e. The molecule has 0 heterocycles. The van der Waals surface area contributed by atoms with Crippen molar-refractivity contribution in [2.24, 2.45) is 0 Å². The maximum Gasteiger partial charge on any atom is 0.264 e. The van der Waals surface area contributed by atoms with E-state index < -0.39 is 40.2 Å². The van der Waals surface area contributed by atoms with Gasteiger partial charge >= 0.3 is 0 Å². The number of hydrogen-bond donors (Lipinski definition) is 1. The lowest BCUT2D eigenvalue weighted by Crippen LogP contribution is -2.54.